The summed E-state index contributed by atoms with van der Waals surface area (Å²) < 4.78 is 2.33. The quantitative estimate of drug-likeness (QED) is 0.857. The van der Waals surface area contributed by atoms with Crippen molar-refractivity contribution < 1.29 is 0 Å². The van der Waals surface area contributed by atoms with Gasteiger partial charge in [0.1, 0.15) is 5.82 Å². The highest BCUT2D eigenvalue weighted by atomic mass is 15.1. The first-order chi connectivity index (χ1) is 9.20. The summed E-state index contributed by atoms with van der Waals surface area (Å²) in [6.45, 7) is 3.44. The second-order valence-corrected chi connectivity index (χ2v) is 5.68. The lowest BCUT2D eigenvalue weighted by atomic mass is 10.0. The van der Waals surface area contributed by atoms with Crippen molar-refractivity contribution in [2.75, 3.05) is 5.73 Å². The Labute approximate surface area is 114 Å². The van der Waals surface area contributed by atoms with Gasteiger partial charge in [0.25, 0.3) is 0 Å². The molecule has 1 unspecified atom stereocenters. The Balaban J connectivity index is 1.66. The van der Waals surface area contributed by atoms with Gasteiger partial charge in [-0.2, -0.15) is 0 Å². The number of benzene rings is 1. The molecule has 1 aromatic heterocycles. The van der Waals surface area contributed by atoms with Crippen LogP contribution in [0.2, 0.25) is 0 Å². The van der Waals surface area contributed by atoms with Crippen LogP contribution in [0.4, 0.5) is 5.69 Å². The molecule has 1 aliphatic heterocycles. The molecule has 2 heterocycles. The van der Waals surface area contributed by atoms with E-state index in [1.165, 1.54) is 23.5 Å². The highest BCUT2D eigenvalue weighted by Gasteiger charge is 2.17. The van der Waals surface area contributed by atoms with Crippen molar-refractivity contribution in [1.29, 1.82) is 0 Å². The molecule has 1 aliphatic rings. The van der Waals surface area contributed by atoms with Gasteiger partial charge in [-0.05, 0) is 42.9 Å². The number of anilines is 1. The number of nitrogen functional groups attached to an aromatic ring is 1. The van der Waals surface area contributed by atoms with Gasteiger partial charge in [0.2, 0.25) is 0 Å². The third-order valence-electron chi connectivity index (χ3n) is 3.95. The van der Waals surface area contributed by atoms with Gasteiger partial charge in [0.15, 0.2) is 0 Å². The average Bonchev–Trinajstić information content (AvgIpc) is 2.80. The zero-order chi connectivity index (χ0) is 13.2. The minimum Gasteiger partial charge on any atom is -0.399 e. The van der Waals surface area contributed by atoms with Crippen molar-refractivity contribution in [2.45, 2.75) is 39.2 Å². The van der Waals surface area contributed by atoms with Crippen LogP contribution in [-0.2, 0) is 25.8 Å². The maximum atomic E-state index is 5.70. The summed E-state index contributed by atoms with van der Waals surface area (Å²) in [6, 6.07) is 8.14. The van der Waals surface area contributed by atoms with Crippen molar-refractivity contribution in [3.8, 4) is 0 Å². The Hall–Kier alpha value is -1.77. The average molecular weight is 255 g/mol. The molecule has 0 fully saturated rings. The van der Waals surface area contributed by atoms with Crippen molar-refractivity contribution in [3.63, 3.8) is 0 Å². The Morgan fingerprint density at radius 1 is 1.26 bits per heavy atom. The Kier molecular flexibility index (Phi) is 3.28. The Morgan fingerprint density at radius 2 is 2.05 bits per heavy atom. The molecule has 100 valence electrons. The van der Waals surface area contributed by atoms with E-state index < -0.39 is 0 Å². The number of nitrogens with zero attached hydrogens (tertiary/aromatic N) is 2. The summed E-state index contributed by atoms with van der Waals surface area (Å²) in [5, 5.41) is 0. The van der Waals surface area contributed by atoms with E-state index in [2.05, 4.69) is 29.8 Å². The monoisotopic (exact) mass is 255 g/mol. The van der Waals surface area contributed by atoms with E-state index in [0.29, 0.717) is 0 Å². The molecule has 0 bridgehead atoms. The summed E-state index contributed by atoms with van der Waals surface area (Å²) in [4.78, 5) is 4.77. The van der Waals surface area contributed by atoms with Crippen LogP contribution in [-0.4, -0.2) is 9.55 Å². The van der Waals surface area contributed by atoms with Crippen molar-refractivity contribution in [2.24, 2.45) is 5.92 Å². The largest absolute Gasteiger partial charge is 0.399 e. The van der Waals surface area contributed by atoms with Gasteiger partial charge in [-0.3, -0.25) is 0 Å². The van der Waals surface area contributed by atoms with Crippen LogP contribution in [0.15, 0.2) is 30.5 Å². The molecule has 3 heteroatoms. The number of aromatic nitrogens is 2. The summed E-state index contributed by atoms with van der Waals surface area (Å²) in [6.07, 6.45) is 6.69. The first-order valence-electron chi connectivity index (χ1n) is 7.10. The highest BCUT2D eigenvalue weighted by Crippen LogP contribution is 2.20. The fourth-order valence-corrected chi connectivity index (χ4v) is 2.72. The third-order valence-corrected chi connectivity index (χ3v) is 3.95. The number of imidazole rings is 1. The van der Waals surface area contributed by atoms with E-state index in [-0.39, 0.29) is 0 Å². The molecule has 2 aromatic rings. The number of nitrogens with two attached hydrogens (primary N) is 1. The molecule has 0 saturated carbocycles. The first-order valence-corrected chi connectivity index (χ1v) is 7.10. The molecule has 0 aliphatic carbocycles. The van der Waals surface area contributed by atoms with Gasteiger partial charge < -0.3 is 10.3 Å². The molecule has 2 N–H and O–H groups in total. The number of hydrogen-bond donors (Lipinski definition) is 1. The van der Waals surface area contributed by atoms with Gasteiger partial charge in [-0.1, -0.05) is 19.1 Å². The predicted molar refractivity (Wildman–Crippen MR) is 78.0 cm³/mol. The lowest BCUT2D eigenvalue weighted by Gasteiger charge is -2.18. The van der Waals surface area contributed by atoms with Gasteiger partial charge >= 0.3 is 0 Å². The van der Waals surface area contributed by atoms with Crippen LogP contribution in [0.5, 0.6) is 0 Å². The summed E-state index contributed by atoms with van der Waals surface area (Å²) in [5.74, 6) is 2.05. The predicted octanol–water partition coefficient (Wildman–Crippen LogP) is 2.83. The minimum atomic E-state index is 0.778. The van der Waals surface area contributed by atoms with E-state index in [0.717, 1.165) is 37.4 Å². The molecule has 0 amide bonds. The van der Waals surface area contributed by atoms with Crippen molar-refractivity contribution in [1.82, 2.24) is 9.55 Å². The third kappa shape index (κ3) is 2.80. The molecule has 3 nitrogen and oxygen atoms in total. The summed E-state index contributed by atoms with van der Waals surface area (Å²) in [7, 11) is 0. The van der Waals surface area contributed by atoms with Gasteiger partial charge in [0.05, 0.1) is 5.69 Å². The molecule has 0 radical (unpaired) electrons. The first kappa shape index (κ1) is 12.3. The van der Waals surface area contributed by atoms with E-state index in [1.54, 1.807) is 0 Å². The lowest BCUT2D eigenvalue weighted by molar-refractivity contribution is 0.409. The molecule has 1 atom stereocenters. The topological polar surface area (TPSA) is 43.8 Å². The highest BCUT2D eigenvalue weighted by molar-refractivity contribution is 5.39. The SMILES string of the molecule is CC1CCn2cc(CCc3ccc(N)cc3)nc2C1. The number of aryl methyl sites for hydroxylation is 3. The van der Waals surface area contributed by atoms with Gasteiger partial charge in [0, 0.05) is 24.8 Å². The number of fused-ring (bicyclic) bond motifs is 1. The number of hydrogen-bond acceptors (Lipinski definition) is 2. The maximum absolute atomic E-state index is 5.70. The smallest absolute Gasteiger partial charge is 0.109 e. The standard InChI is InChI=1S/C16H21N3/c1-12-8-9-19-11-15(18-16(19)10-12)7-4-13-2-5-14(17)6-3-13/h2-3,5-6,11-12H,4,7-10,17H2,1H3. The lowest BCUT2D eigenvalue weighted by Crippen LogP contribution is -2.16. The van der Waals surface area contributed by atoms with Crippen LogP contribution >= 0.6 is 0 Å². The number of rotatable bonds is 3. The van der Waals surface area contributed by atoms with E-state index in [4.69, 9.17) is 10.7 Å². The van der Waals surface area contributed by atoms with Crippen molar-refractivity contribution in [3.05, 3.63) is 47.5 Å². The normalized spacial score (nSPS) is 18.3. The van der Waals surface area contributed by atoms with E-state index in [1.807, 2.05) is 12.1 Å². The van der Waals surface area contributed by atoms with Crippen molar-refractivity contribution >= 4 is 5.69 Å². The molecule has 1 aromatic carbocycles. The molecule has 0 spiro atoms. The summed E-state index contributed by atoms with van der Waals surface area (Å²) in [5.41, 5.74) is 9.08. The zero-order valence-corrected chi connectivity index (χ0v) is 11.5. The fraction of sp³-hybridized carbons (Fsp3) is 0.438. The van der Waals surface area contributed by atoms with E-state index in [9.17, 15) is 0 Å². The second-order valence-electron chi connectivity index (χ2n) is 5.68. The second kappa shape index (κ2) is 5.08. The van der Waals surface area contributed by atoms with Gasteiger partial charge in [-0.15, -0.1) is 0 Å². The maximum Gasteiger partial charge on any atom is 0.109 e. The van der Waals surface area contributed by atoms with Crippen LogP contribution in [0, 0.1) is 5.92 Å². The molecular weight excluding hydrogens is 234 g/mol. The van der Waals surface area contributed by atoms with Gasteiger partial charge in [-0.25, -0.2) is 4.98 Å². The molecule has 3 rings (SSSR count). The van der Waals surface area contributed by atoms with Crippen LogP contribution in [0.25, 0.3) is 0 Å². The molecular formula is C16H21N3. The van der Waals surface area contributed by atoms with Crippen LogP contribution < -0.4 is 5.73 Å². The molecule has 0 saturated heterocycles. The van der Waals surface area contributed by atoms with E-state index >= 15 is 0 Å². The van der Waals surface area contributed by atoms with Crippen LogP contribution in [0.1, 0.15) is 30.4 Å². The zero-order valence-electron chi connectivity index (χ0n) is 11.5. The minimum absolute atomic E-state index is 0.778. The fourth-order valence-electron chi connectivity index (χ4n) is 2.72. The Bertz CT molecular complexity index is 554. The Morgan fingerprint density at radius 3 is 2.84 bits per heavy atom. The summed E-state index contributed by atoms with van der Waals surface area (Å²) >= 11 is 0. The molecule has 19 heavy (non-hydrogen) atoms. The van der Waals surface area contributed by atoms with Crippen LogP contribution in [0.3, 0.4) is 0 Å².